The van der Waals surface area contributed by atoms with Crippen molar-refractivity contribution < 1.29 is 0 Å². The molecule has 1 aliphatic rings. The van der Waals surface area contributed by atoms with Gasteiger partial charge in [0.2, 0.25) is 0 Å². The van der Waals surface area contributed by atoms with Gasteiger partial charge in [0, 0.05) is 0 Å². The molecule has 2 atom stereocenters. The zero-order valence-corrected chi connectivity index (χ0v) is 7.24. The first-order chi connectivity index (χ1) is 5.92. The molecule has 0 amide bonds. The number of benzene rings is 1. The lowest BCUT2D eigenvalue weighted by atomic mass is 9.70. The molecule has 1 aliphatic carbocycles. The highest BCUT2D eigenvalue weighted by atomic mass is 14.6. The van der Waals surface area contributed by atoms with Crippen molar-refractivity contribution in [2.45, 2.75) is 18.8 Å². The minimum atomic E-state index is 0.743. The van der Waals surface area contributed by atoms with Crippen molar-refractivity contribution in [3.63, 3.8) is 0 Å². The maximum absolute atomic E-state index is 5.66. The van der Waals surface area contributed by atoms with Crippen molar-refractivity contribution in [2.75, 3.05) is 6.54 Å². The highest BCUT2D eigenvalue weighted by molar-refractivity contribution is 5.22. The zero-order valence-electron chi connectivity index (χ0n) is 7.24. The van der Waals surface area contributed by atoms with E-state index in [1.807, 2.05) is 0 Å². The smallest absolute Gasteiger partial charge is 0.00430 e. The summed E-state index contributed by atoms with van der Waals surface area (Å²) in [7, 11) is 0. The molecule has 1 heteroatoms. The highest BCUT2D eigenvalue weighted by Gasteiger charge is 2.30. The van der Waals surface area contributed by atoms with Crippen LogP contribution in [0.1, 0.15) is 24.3 Å². The Hall–Kier alpha value is -0.820. The van der Waals surface area contributed by atoms with E-state index in [0.717, 1.165) is 18.4 Å². The van der Waals surface area contributed by atoms with Crippen LogP contribution in [0.4, 0.5) is 0 Å². The van der Waals surface area contributed by atoms with Gasteiger partial charge in [-0.1, -0.05) is 30.3 Å². The predicted molar refractivity (Wildman–Crippen MR) is 51.0 cm³/mol. The molecular formula is C11H15N. The summed E-state index contributed by atoms with van der Waals surface area (Å²) in [5.41, 5.74) is 7.13. The molecule has 1 aromatic carbocycles. The van der Waals surface area contributed by atoms with Gasteiger partial charge in [0.25, 0.3) is 0 Å². The standard InChI is InChI=1S/C11H15N/c12-8-10-6-7-11(10)9-4-2-1-3-5-9/h1-5,10-11H,6-8,12H2. The summed E-state index contributed by atoms with van der Waals surface area (Å²) in [6.45, 7) is 0.847. The summed E-state index contributed by atoms with van der Waals surface area (Å²) >= 11 is 0. The topological polar surface area (TPSA) is 26.0 Å². The number of hydrogen-bond donors (Lipinski definition) is 1. The molecule has 1 saturated carbocycles. The van der Waals surface area contributed by atoms with Gasteiger partial charge in [0.1, 0.15) is 0 Å². The van der Waals surface area contributed by atoms with Crippen LogP contribution in [-0.4, -0.2) is 6.54 Å². The molecule has 2 unspecified atom stereocenters. The highest BCUT2D eigenvalue weighted by Crippen LogP contribution is 2.41. The van der Waals surface area contributed by atoms with Gasteiger partial charge in [-0.15, -0.1) is 0 Å². The summed E-state index contributed by atoms with van der Waals surface area (Å²) < 4.78 is 0. The van der Waals surface area contributed by atoms with Gasteiger partial charge in [0.15, 0.2) is 0 Å². The zero-order chi connectivity index (χ0) is 8.39. The number of nitrogens with two attached hydrogens (primary N) is 1. The Morgan fingerprint density at radius 2 is 1.92 bits per heavy atom. The third-order valence-corrected chi connectivity index (χ3v) is 2.95. The van der Waals surface area contributed by atoms with E-state index in [1.54, 1.807) is 0 Å². The van der Waals surface area contributed by atoms with Gasteiger partial charge in [-0.05, 0) is 36.8 Å². The van der Waals surface area contributed by atoms with Crippen molar-refractivity contribution in [3.8, 4) is 0 Å². The molecule has 0 aliphatic heterocycles. The van der Waals surface area contributed by atoms with Gasteiger partial charge in [0.05, 0.1) is 0 Å². The average Bonchev–Trinajstić information content (AvgIpc) is 2.05. The van der Waals surface area contributed by atoms with Crippen LogP contribution in [-0.2, 0) is 0 Å². The molecule has 64 valence electrons. The second-order valence-electron chi connectivity index (χ2n) is 3.59. The van der Waals surface area contributed by atoms with Crippen LogP contribution >= 0.6 is 0 Å². The molecule has 0 saturated heterocycles. The summed E-state index contributed by atoms with van der Waals surface area (Å²) in [5, 5.41) is 0. The molecule has 1 nitrogen and oxygen atoms in total. The van der Waals surface area contributed by atoms with Crippen LogP contribution in [0.25, 0.3) is 0 Å². The van der Waals surface area contributed by atoms with E-state index in [4.69, 9.17) is 5.73 Å². The summed E-state index contributed by atoms with van der Waals surface area (Å²) in [4.78, 5) is 0. The first-order valence-corrected chi connectivity index (χ1v) is 4.67. The third-order valence-electron chi connectivity index (χ3n) is 2.95. The van der Waals surface area contributed by atoms with Crippen molar-refractivity contribution in [1.29, 1.82) is 0 Å². The fraction of sp³-hybridized carbons (Fsp3) is 0.455. The van der Waals surface area contributed by atoms with E-state index in [0.29, 0.717) is 0 Å². The van der Waals surface area contributed by atoms with Gasteiger partial charge in [-0.2, -0.15) is 0 Å². The Morgan fingerprint density at radius 1 is 1.17 bits per heavy atom. The lowest BCUT2D eigenvalue weighted by Gasteiger charge is -2.36. The molecule has 0 radical (unpaired) electrons. The van der Waals surface area contributed by atoms with Gasteiger partial charge < -0.3 is 5.73 Å². The minimum Gasteiger partial charge on any atom is -0.330 e. The molecule has 0 heterocycles. The molecule has 1 fully saturated rings. The van der Waals surface area contributed by atoms with E-state index in [9.17, 15) is 0 Å². The maximum Gasteiger partial charge on any atom is -0.00430 e. The van der Waals surface area contributed by atoms with Crippen molar-refractivity contribution in [1.82, 2.24) is 0 Å². The summed E-state index contributed by atoms with van der Waals surface area (Å²) in [6.07, 6.45) is 2.64. The van der Waals surface area contributed by atoms with Crippen LogP contribution in [0, 0.1) is 5.92 Å². The quantitative estimate of drug-likeness (QED) is 0.706. The Balaban J connectivity index is 2.11. The maximum atomic E-state index is 5.66. The second-order valence-corrected chi connectivity index (χ2v) is 3.59. The molecule has 2 rings (SSSR count). The molecule has 12 heavy (non-hydrogen) atoms. The Kier molecular flexibility index (Phi) is 2.13. The molecule has 0 spiro atoms. The van der Waals surface area contributed by atoms with E-state index >= 15 is 0 Å². The Labute approximate surface area is 73.6 Å². The normalized spacial score (nSPS) is 28.1. The minimum absolute atomic E-state index is 0.743. The van der Waals surface area contributed by atoms with E-state index in [-0.39, 0.29) is 0 Å². The fourth-order valence-corrected chi connectivity index (χ4v) is 1.99. The van der Waals surface area contributed by atoms with Crippen molar-refractivity contribution >= 4 is 0 Å². The largest absolute Gasteiger partial charge is 0.330 e. The lowest BCUT2D eigenvalue weighted by molar-refractivity contribution is 0.263. The predicted octanol–water partition coefficient (Wildman–Crippen LogP) is 2.14. The third kappa shape index (κ3) is 1.25. The second kappa shape index (κ2) is 3.28. The van der Waals surface area contributed by atoms with Crippen LogP contribution < -0.4 is 5.73 Å². The molecule has 0 bridgehead atoms. The Bertz CT molecular complexity index is 240. The van der Waals surface area contributed by atoms with Gasteiger partial charge in [-0.3, -0.25) is 0 Å². The van der Waals surface area contributed by atoms with E-state index in [2.05, 4.69) is 30.3 Å². The molecular weight excluding hydrogens is 146 g/mol. The monoisotopic (exact) mass is 161 g/mol. The van der Waals surface area contributed by atoms with Crippen molar-refractivity contribution in [3.05, 3.63) is 35.9 Å². The number of hydrogen-bond acceptors (Lipinski definition) is 1. The van der Waals surface area contributed by atoms with E-state index in [1.165, 1.54) is 18.4 Å². The fourth-order valence-electron chi connectivity index (χ4n) is 1.99. The molecule has 2 N–H and O–H groups in total. The molecule has 0 aromatic heterocycles. The first kappa shape index (κ1) is 7.81. The van der Waals surface area contributed by atoms with Gasteiger partial charge in [-0.25, -0.2) is 0 Å². The van der Waals surface area contributed by atoms with Crippen molar-refractivity contribution in [2.24, 2.45) is 11.7 Å². The van der Waals surface area contributed by atoms with Crippen LogP contribution in [0.2, 0.25) is 0 Å². The van der Waals surface area contributed by atoms with Gasteiger partial charge >= 0.3 is 0 Å². The van der Waals surface area contributed by atoms with Crippen LogP contribution in [0.15, 0.2) is 30.3 Å². The average molecular weight is 161 g/mol. The summed E-state index contributed by atoms with van der Waals surface area (Å²) in [6, 6.07) is 10.7. The molecule has 1 aromatic rings. The summed E-state index contributed by atoms with van der Waals surface area (Å²) in [5.74, 6) is 1.49. The SMILES string of the molecule is NCC1CCC1c1ccccc1. The Morgan fingerprint density at radius 3 is 2.42 bits per heavy atom. The van der Waals surface area contributed by atoms with Crippen LogP contribution in [0.5, 0.6) is 0 Å². The van der Waals surface area contributed by atoms with Crippen LogP contribution in [0.3, 0.4) is 0 Å². The number of rotatable bonds is 2. The van der Waals surface area contributed by atoms with E-state index < -0.39 is 0 Å². The lowest BCUT2D eigenvalue weighted by Crippen LogP contribution is -2.30. The first-order valence-electron chi connectivity index (χ1n) is 4.67.